The van der Waals surface area contributed by atoms with E-state index in [1.807, 2.05) is 23.8 Å². The molecule has 1 fully saturated rings. The Morgan fingerprint density at radius 2 is 2.28 bits per heavy atom. The average Bonchev–Trinajstić information content (AvgIpc) is 2.88. The summed E-state index contributed by atoms with van der Waals surface area (Å²) >= 11 is 0. The molecule has 1 aromatic heterocycles. The molecule has 5 nitrogen and oxygen atoms in total. The van der Waals surface area contributed by atoms with Crippen LogP contribution >= 0.6 is 0 Å². The van der Waals surface area contributed by atoms with Gasteiger partial charge in [-0.1, -0.05) is 0 Å². The summed E-state index contributed by atoms with van der Waals surface area (Å²) in [6.45, 7) is 3.86. The predicted molar refractivity (Wildman–Crippen MR) is 67.4 cm³/mol. The summed E-state index contributed by atoms with van der Waals surface area (Å²) in [5.74, 6) is -0.127. The van der Waals surface area contributed by atoms with E-state index in [-0.39, 0.29) is 12.5 Å². The zero-order valence-electron chi connectivity index (χ0n) is 10.7. The molecule has 18 heavy (non-hydrogen) atoms. The van der Waals surface area contributed by atoms with Crippen molar-refractivity contribution in [3.8, 4) is 0 Å². The molecule has 0 radical (unpaired) electrons. The van der Waals surface area contributed by atoms with Crippen LogP contribution in [0.4, 0.5) is 0 Å². The van der Waals surface area contributed by atoms with E-state index in [0.717, 1.165) is 6.54 Å². The molecule has 1 saturated heterocycles. The highest BCUT2D eigenvalue weighted by molar-refractivity contribution is 5.93. The lowest BCUT2D eigenvalue weighted by molar-refractivity contribution is 0.0123. The van der Waals surface area contributed by atoms with Gasteiger partial charge in [-0.15, -0.1) is 0 Å². The Hall–Kier alpha value is -1.33. The van der Waals surface area contributed by atoms with Gasteiger partial charge in [-0.25, -0.2) is 0 Å². The van der Waals surface area contributed by atoms with Crippen LogP contribution in [0.25, 0.3) is 0 Å². The molecule has 0 unspecified atom stereocenters. The van der Waals surface area contributed by atoms with E-state index < -0.39 is 5.54 Å². The molecule has 0 atom stereocenters. The summed E-state index contributed by atoms with van der Waals surface area (Å²) in [6, 6.07) is 3.65. The Kier molecular flexibility index (Phi) is 4.04. The molecular formula is C13H20N2O3. The summed E-state index contributed by atoms with van der Waals surface area (Å²) in [5.41, 5.74) is 0.106. The van der Waals surface area contributed by atoms with Crippen molar-refractivity contribution >= 4 is 5.91 Å². The van der Waals surface area contributed by atoms with Gasteiger partial charge < -0.3 is 19.7 Å². The van der Waals surface area contributed by atoms with Gasteiger partial charge >= 0.3 is 0 Å². The van der Waals surface area contributed by atoms with Crippen LogP contribution in [0.5, 0.6) is 0 Å². The van der Waals surface area contributed by atoms with Crippen molar-refractivity contribution in [3.63, 3.8) is 0 Å². The number of nitrogens with one attached hydrogen (secondary N) is 1. The summed E-state index contributed by atoms with van der Waals surface area (Å²) in [5, 5.41) is 12.5. The fraction of sp³-hybridized carbons (Fsp3) is 0.615. The van der Waals surface area contributed by atoms with Crippen molar-refractivity contribution in [2.45, 2.75) is 31.8 Å². The number of carbonyl (C=O) groups excluding carboxylic acids is 1. The first-order valence-corrected chi connectivity index (χ1v) is 6.37. The normalized spacial score (nSPS) is 18.6. The first kappa shape index (κ1) is 13.1. The van der Waals surface area contributed by atoms with Crippen LogP contribution in [-0.4, -0.2) is 40.9 Å². The molecule has 0 saturated carbocycles. The van der Waals surface area contributed by atoms with Crippen LogP contribution in [0.1, 0.15) is 30.3 Å². The number of amides is 1. The number of hydrogen-bond acceptors (Lipinski definition) is 3. The molecule has 0 aromatic carbocycles. The zero-order chi connectivity index (χ0) is 13.0. The SMILES string of the molecule is CCn1cccc1C(=O)NC1(CO)CCOCC1. The summed E-state index contributed by atoms with van der Waals surface area (Å²) < 4.78 is 7.16. The second-order valence-corrected chi connectivity index (χ2v) is 4.68. The van der Waals surface area contributed by atoms with Gasteiger partial charge in [0.25, 0.3) is 5.91 Å². The Balaban J connectivity index is 2.10. The number of ether oxygens (including phenoxy) is 1. The van der Waals surface area contributed by atoms with Gasteiger partial charge in [0.05, 0.1) is 12.1 Å². The molecule has 0 bridgehead atoms. The van der Waals surface area contributed by atoms with E-state index in [4.69, 9.17) is 4.74 Å². The average molecular weight is 252 g/mol. The largest absolute Gasteiger partial charge is 0.394 e. The Morgan fingerprint density at radius 1 is 1.56 bits per heavy atom. The number of aryl methyl sites for hydroxylation is 1. The van der Waals surface area contributed by atoms with E-state index in [1.165, 1.54) is 0 Å². The summed E-state index contributed by atoms with van der Waals surface area (Å²) in [7, 11) is 0. The number of nitrogens with zero attached hydrogens (tertiary/aromatic N) is 1. The third-order valence-corrected chi connectivity index (χ3v) is 3.53. The van der Waals surface area contributed by atoms with Crippen molar-refractivity contribution in [2.24, 2.45) is 0 Å². The molecule has 5 heteroatoms. The zero-order valence-corrected chi connectivity index (χ0v) is 10.7. The van der Waals surface area contributed by atoms with E-state index in [9.17, 15) is 9.90 Å². The number of aliphatic hydroxyl groups excluding tert-OH is 1. The van der Waals surface area contributed by atoms with E-state index in [0.29, 0.717) is 31.7 Å². The van der Waals surface area contributed by atoms with Crippen molar-refractivity contribution in [1.82, 2.24) is 9.88 Å². The monoisotopic (exact) mass is 252 g/mol. The van der Waals surface area contributed by atoms with Gasteiger partial charge in [0.2, 0.25) is 0 Å². The second-order valence-electron chi connectivity index (χ2n) is 4.68. The minimum Gasteiger partial charge on any atom is -0.394 e. The number of hydrogen-bond donors (Lipinski definition) is 2. The standard InChI is InChI=1S/C13H20N2O3/c1-2-15-7-3-4-11(15)12(17)14-13(10-16)5-8-18-9-6-13/h3-4,7,16H,2,5-6,8-10H2,1H3,(H,14,17). The lowest BCUT2D eigenvalue weighted by Gasteiger charge is -2.36. The van der Waals surface area contributed by atoms with Crippen LogP contribution in [0.2, 0.25) is 0 Å². The van der Waals surface area contributed by atoms with Crippen LogP contribution in [-0.2, 0) is 11.3 Å². The van der Waals surface area contributed by atoms with E-state index >= 15 is 0 Å². The topological polar surface area (TPSA) is 63.5 Å². The maximum absolute atomic E-state index is 12.2. The first-order valence-electron chi connectivity index (χ1n) is 6.37. The fourth-order valence-electron chi connectivity index (χ4n) is 2.29. The van der Waals surface area contributed by atoms with Gasteiger partial charge in [0, 0.05) is 26.0 Å². The molecule has 0 aliphatic carbocycles. The van der Waals surface area contributed by atoms with Crippen LogP contribution < -0.4 is 5.32 Å². The van der Waals surface area contributed by atoms with Crippen LogP contribution in [0.3, 0.4) is 0 Å². The highest BCUT2D eigenvalue weighted by Crippen LogP contribution is 2.20. The maximum Gasteiger partial charge on any atom is 0.268 e. The number of aromatic nitrogens is 1. The van der Waals surface area contributed by atoms with Crippen molar-refractivity contribution in [1.29, 1.82) is 0 Å². The fourth-order valence-corrected chi connectivity index (χ4v) is 2.29. The van der Waals surface area contributed by atoms with Gasteiger partial charge in [-0.05, 0) is 31.9 Å². The number of rotatable bonds is 4. The lowest BCUT2D eigenvalue weighted by Crippen LogP contribution is -2.54. The minimum atomic E-state index is -0.530. The van der Waals surface area contributed by atoms with Crippen LogP contribution in [0, 0.1) is 0 Å². The first-order chi connectivity index (χ1) is 8.71. The molecule has 2 N–H and O–H groups in total. The summed E-state index contributed by atoms with van der Waals surface area (Å²) in [4.78, 5) is 12.2. The Morgan fingerprint density at radius 3 is 2.89 bits per heavy atom. The highest BCUT2D eigenvalue weighted by Gasteiger charge is 2.34. The van der Waals surface area contributed by atoms with E-state index in [1.54, 1.807) is 6.07 Å². The molecule has 2 rings (SSSR count). The number of aliphatic hydroxyl groups is 1. The molecule has 0 spiro atoms. The van der Waals surface area contributed by atoms with Crippen LogP contribution in [0.15, 0.2) is 18.3 Å². The van der Waals surface area contributed by atoms with Gasteiger partial charge in [0.15, 0.2) is 0 Å². The molecular weight excluding hydrogens is 232 g/mol. The molecule has 1 aliphatic rings. The van der Waals surface area contributed by atoms with Gasteiger partial charge in [-0.2, -0.15) is 0 Å². The van der Waals surface area contributed by atoms with Crippen molar-refractivity contribution in [3.05, 3.63) is 24.0 Å². The number of carbonyl (C=O) groups is 1. The highest BCUT2D eigenvalue weighted by atomic mass is 16.5. The summed E-state index contributed by atoms with van der Waals surface area (Å²) in [6.07, 6.45) is 3.19. The van der Waals surface area contributed by atoms with Crippen molar-refractivity contribution < 1.29 is 14.6 Å². The molecule has 1 aliphatic heterocycles. The molecule has 100 valence electrons. The van der Waals surface area contributed by atoms with E-state index in [2.05, 4.69) is 5.32 Å². The Bertz CT molecular complexity index is 408. The third-order valence-electron chi connectivity index (χ3n) is 3.53. The molecule has 1 amide bonds. The molecule has 2 heterocycles. The van der Waals surface area contributed by atoms with Gasteiger partial charge in [0.1, 0.15) is 5.69 Å². The minimum absolute atomic E-state index is 0.0467. The van der Waals surface area contributed by atoms with Gasteiger partial charge in [-0.3, -0.25) is 4.79 Å². The molecule has 1 aromatic rings. The predicted octanol–water partition coefficient (Wildman–Crippen LogP) is 0.779. The van der Waals surface area contributed by atoms with Crippen molar-refractivity contribution in [2.75, 3.05) is 19.8 Å². The third kappa shape index (κ3) is 2.57. The quantitative estimate of drug-likeness (QED) is 0.832. The Labute approximate surface area is 107 Å². The lowest BCUT2D eigenvalue weighted by atomic mass is 9.91. The maximum atomic E-state index is 12.2. The smallest absolute Gasteiger partial charge is 0.268 e. The second kappa shape index (κ2) is 5.54.